The van der Waals surface area contributed by atoms with Crippen LogP contribution in [0.25, 0.3) is 16.9 Å². The van der Waals surface area contributed by atoms with Crippen molar-refractivity contribution >= 4 is 17.2 Å². The number of imidazole rings is 1. The van der Waals surface area contributed by atoms with Crippen molar-refractivity contribution in [2.45, 2.75) is 26.4 Å². The molecule has 0 unspecified atom stereocenters. The zero-order valence-electron chi connectivity index (χ0n) is 13.8. The summed E-state index contributed by atoms with van der Waals surface area (Å²) in [5, 5.41) is -0.0387. The summed E-state index contributed by atoms with van der Waals surface area (Å²) < 4.78 is 40.8. The highest BCUT2D eigenvalue weighted by atomic mass is 35.5. The number of nitrogens with two attached hydrogens (primary N) is 1. The molecule has 0 aliphatic heterocycles. The van der Waals surface area contributed by atoms with Gasteiger partial charge in [-0.2, -0.15) is 13.2 Å². The molecule has 0 bridgehead atoms. The molecule has 0 aliphatic carbocycles. The number of hydrogen-bond acceptors (Lipinski definition) is 2. The molecule has 132 valence electrons. The van der Waals surface area contributed by atoms with Gasteiger partial charge in [0.15, 0.2) is 5.65 Å². The van der Waals surface area contributed by atoms with Crippen molar-refractivity contribution in [3.05, 3.63) is 57.9 Å². The highest BCUT2D eigenvalue weighted by Gasteiger charge is 2.32. The van der Waals surface area contributed by atoms with E-state index >= 15 is 0 Å². The van der Waals surface area contributed by atoms with Gasteiger partial charge in [0, 0.05) is 18.2 Å². The summed E-state index contributed by atoms with van der Waals surface area (Å²) in [5.74, 6) is 0. The lowest BCUT2D eigenvalue weighted by Gasteiger charge is -2.10. The number of hydrogen-bond donors (Lipinski definition) is 1. The molecular formula is C18H17ClF3N3. The summed E-state index contributed by atoms with van der Waals surface area (Å²) in [6.07, 6.45) is -3.06. The highest BCUT2D eigenvalue weighted by Crippen LogP contribution is 2.35. The molecule has 0 saturated carbocycles. The zero-order chi connectivity index (χ0) is 18.4. The van der Waals surface area contributed by atoms with Gasteiger partial charge in [-0.3, -0.25) is 0 Å². The van der Waals surface area contributed by atoms with E-state index in [9.17, 15) is 13.2 Å². The molecule has 2 aromatic heterocycles. The molecular weight excluding hydrogens is 351 g/mol. The van der Waals surface area contributed by atoms with Crippen molar-refractivity contribution in [2.24, 2.45) is 5.73 Å². The second kappa shape index (κ2) is 6.35. The van der Waals surface area contributed by atoms with Gasteiger partial charge in [0.05, 0.1) is 22.0 Å². The van der Waals surface area contributed by atoms with Crippen LogP contribution in [0.3, 0.4) is 0 Å². The van der Waals surface area contributed by atoms with Crippen LogP contribution in [-0.4, -0.2) is 15.9 Å². The van der Waals surface area contributed by atoms with Crippen LogP contribution >= 0.6 is 11.6 Å². The van der Waals surface area contributed by atoms with Crippen molar-refractivity contribution in [1.29, 1.82) is 0 Å². The fourth-order valence-electron chi connectivity index (χ4n) is 2.80. The fourth-order valence-corrected chi connectivity index (χ4v) is 3.05. The average molecular weight is 368 g/mol. The molecule has 3 rings (SSSR count). The smallest absolute Gasteiger partial charge is 0.330 e. The van der Waals surface area contributed by atoms with Crippen LogP contribution in [0.2, 0.25) is 5.02 Å². The predicted octanol–water partition coefficient (Wildman–Crippen LogP) is 4.79. The van der Waals surface area contributed by atoms with Gasteiger partial charge in [-0.05, 0) is 43.7 Å². The zero-order valence-corrected chi connectivity index (χ0v) is 14.5. The number of aryl methyl sites for hydroxylation is 2. The molecule has 2 heterocycles. The Kier molecular flexibility index (Phi) is 4.51. The second-order valence-electron chi connectivity index (χ2n) is 6.01. The van der Waals surface area contributed by atoms with E-state index in [1.807, 2.05) is 32.0 Å². The van der Waals surface area contributed by atoms with E-state index in [0.29, 0.717) is 30.0 Å². The van der Waals surface area contributed by atoms with E-state index in [4.69, 9.17) is 17.3 Å². The third-order valence-corrected chi connectivity index (χ3v) is 4.54. The van der Waals surface area contributed by atoms with Crippen molar-refractivity contribution in [3.63, 3.8) is 0 Å². The van der Waals surface area contributed by atoms with Crippen LogP contribution in [0.1, 0.15) is 22.4 Å². The summed E-state index contributed by atoms with van der Waals surface area (Å²) >= 11 is 6.08. The first kappa shape index (κ1) is 17.8. The Balaban J connectivity index is 2.30. The largest absolute Gasteiger partial charge is 0.417 e. The van der Waals surface area contributed by atoms with Crippen LogP contribution < -0.4 is 5.73 Å². The first-order valence-corrected chi connectivity index (χ1v) is 8.15. The normalized spacial score (nSPS) is 12.1. The minimum Gasteiger partial charge on any atom is -0.330 e. The third-order valence-electron chi connectivity index (χ3n) is 4.26. The molecule has 0 saturated heterocycles. The van der Waals surface area contributed by atoms with E-state index in [1.54, 1.807) is 0 Å². The number of alkyl halides is 3. The molecule has 25 heavy (non-hydrogen) atoms. The standard InChI is InChI=1S/C18H17ClF3N3/c1-10-3-4-12(7-11(10)2)16-15(5-6-23)25-9-13(18(20,21)22)8-14(19)17(25)24-16/h3-4,7-9H,5-6,23H2,1-2H3. The van der Waals surface area contributed by atoms with Crippen LogP contribution in [0.15, 0.2) is 30.5 Å². The molecule has 0 aliphatic rings. The van der Waals surface area contributed by atoms with Crippen molar-refractivity contribution in [2.75, 3.05) is 6.54 Å². The molecule has 1 aromatic carbocycles. The number of fused-ring (bicyclic) bond motifs is 1. The van der Waals surface area contributed by atoms with Gasteiger partial charge in [-0.15, -0.1) is 0 Å². The fraction of sp³-hybridized carbons (Fsp3) is 0.278. The van der Waals surface area contributed by atoms with E-state index in [1.165, 1.54) is 4.40 Å². The SMILES string of the molecule is Cc1ccc(-c2nc3c(Cl)cc(C(F)(F)F)cn3c2CCN)cc1C. The number of nitrogens with zero attached hydrogens (tertiary/aromatic N) is 2. The summed E-state index contributed by atoms with van der Waals surface area (Å²) in [6, 6.07) is 6.74. The number of aromatic nitrogens is 2. The van der Waals surface area contributed by atoms with E-state index in [0.717, 1.165) is 29.0 Å². The molecule has 0 amide bonds. The van der Waals surface area contributed by atoms with Crippen molar-refractivity contribution < 1.29 is 13.2 Å². The lowest BCUT2D eigenvalue weighted by atomic mass is 10.0. The van der Waals surface area contributed by atoms with Crippen LogP contribution in [0.5, 0.6) is 0 Å². The number of pyridine rings is 1. The lowest BCUT2D eigenvalue weighted by molar-refractivity contribution is -0.137. The Bertz CT molecular complexity index is 945. The molecule has 2 N–H and O–H groups in total. The lowest BCUT2D eigenvalue weighted by Crippen LogP contribution is -2.10. The Morgan fingerprint density at radius 1 is 1.16 bits per heavy atom. The van der Waals surface area contributed by atoms with Gasteiger partial charge in [0.1, 0.15) is 0 Å². The van der Waals surface area contributed by atoms with E-state index in [-0.39, 0.29) is 5.02 Å². The maximum Gasteiger partial charge on any atom is 0.417 e. The molecule has 0 atom stereocenters. The number of benzene rings is 1. The van der Waals surface area contributed by atoms with Crippen LogP contribution in [-0.2, 0) is 12.6 Å². The van der Waals surface area contributed by atoms with Gasteiger partial charge in [0.2, 0.25) is 0 Å². The summed E-state index contributed by atoms with van der Waals surface area (Å²) in [4.78, 5) is 4.50. The summed E-state index contributed by atoms with van der Waals surface area (Å²) in [6.45, 7) is 4.27. The van der Waals surface area contributed by atoms with Crippen LogP contribution in [0, 0.1) is 13.8 Å². The van der Waals surface area contributed by atoms with Gasteiger partial charge in [-0.25, -0.2) is 4.98 Å². The Morgan fingerprint density at radius 3 is 2.48 bits per heavy atom. The number of rotatable bonds is 3. The Hall–Kier alpha value is -2.05. The maximum atomic E-state index is 13.1. The third kappa shape index (κ3) is 3.24. The summed E-state index contributed by atoms with van der Waals surface area (Å²) in [7, 11) is 0. The molecule has 0 fully saturated rings. The highest BCUT2D eigenvalue weighted by molar-refractivity contribution is 6.33. The average Bonchev–Trinajstić information content (AvgIpc) is 2.89. The topological polar surface area (TPSA) is 43.3 Å². The first-order valence-electron chi connectivity index (χ1n) is 7.77. The van der Waals surface area contributed by atoms with Gasteiger partial charge in [-0.1, -0.05) is 23.7 Å². The molecule has 0 radical (unpaired) electrons. The minimum atomic E-state index is -4.48. The Labute approximate surface area is 148 Å². The quantitative estimate of drug-likeness (QED) is 0.723. The number of halogens is 4. The van der Waals surface area contributed by atoms with Crippen LogP contribution in [0.4, 0.5) is 13.2 Å². The van der Waals surface area contributed by atoms with Gasteiger partial charge < -0.3 is 10.1 Å². The molecule has 0 spiro atoms. The van der Waals surface area contributed by atoms with Crippen molar-refractivity contribution in [1.82, 2.24) is 9.38 Å². The Morgan fingerprint density at radius 2 is 1.88 bits per heavy atom. The molecule has 7 heteroatoms. The van der Waals surface area contributed by atoms with E-state index < -0.39 is 11.7 Å². The molecule has 3 nitrogen and oxygen atoms in total. The maximum absolute atomic E-state index is 13.1. The van der Waals surface area contributed by atoms with Gasteiger partial charge >= 0.3 is 6.18 Å². The van der Waals surface area contributed by atoms with Gasteiger partial charge in [0.25, 0.3) is 0 Å². The predicted molar refractivity (Wildman–Crippen MR) is 92.9 cm³/mol. The van der Waals surface area contributed by atoms with Crippen molar-refractivity contribution in [3.8, 4) is 11.3 Å². The molecule has 3 aromatic rings. The second-order valence-corrected chi connectivity index (χ2v) is 6.42. The monoisotopic (exact) mass is 367 g/mol. The summed E-state index contributed by atoms with van der Waals surface area (Å²) in [5.41, 5.74) is 9.43. The van der Waals surface area contributed by atoms with E-state index in [2.05, 4.69) is 4.98 Å². The minimum absolute atomic E-state index is 0.0387. The first-order chi connectivity index (χ1) is 11.7.